The van der Waals surface area contributed by atoms with Crippen LogP contribution in [-0.2, 0) is 4.79 Å². The molecule has 0 aromatic heterocycles. The second kappa shape index (κ2) is 12.2. The van der Waals surface area contributed by atoms with Gasteiger partial charge in [-0.3, -0.25) is 9.79 Å². The summed E-state index contributed by atoms with van der Waals surface area (Å²) in [6, 6.07) is 0.250. The summed E-state index contributed by atoms with van der Waals surface area (Å²) in [5.41, 5.74) is 0. The van der Waals surface area contributed by atoms with Crippen LogP contribution in [0.25, 0.3) is 0 Å². The number of carbonyl (C=O) groups excluding carboxylic acids is 1. The van der Waals surface area contributed by atoms with Gasteiger partial charge < -0.3 is 16.0 Å². The van der Waals surface area contributed by atoms with Crippen LogP contribution >= 0.6 is 0 Å². The van der Waals surface area contributed by atoms with Gasteiger partial charge in [0.15, 0.2) is 5.96 Å². The van der Waals surface area contributed by atoms with E-state index in [9.17, 15) is 4.79 Å². The zero-order valence-electron chi connectivity index (χ0n) is 15.3. The molecule has 1 saturated carbocycles. The average Bonchev–Trinajstić information content (AvgIpc) is 2.57. The van der Waals surface area contributed by atoms with Gasteiger partial charge in [0.05, 0.1) is 0 Å². The third-order valence-corrected chi connectivity index (χ3v) is 4.69. The van der Waals surface area contributed by atoms with Crippen molar-refractivity contribution in [3.05, 3.63) is 0 Å². The highest BCUT2D eigenvalue weighted by molar-refractivity contribution is 5.81. The lowest BCUT2D eigenvalue weighted by atomic mass is 9.86. The Kier molecular flexibility index (Phi) is 10.5. The standard InChI is InChI=1S/C18H36N4O/c1-4-15(2)22-17(23)12-14-21-18(19-3)20-13-8-11-16-9-6-5-7-10-16/h15-16H,4-14H2,1-3H3,(H,22,23)(H2,19,20,21). The molecule has 1 atom stereocenters. The lowest BCUT2D eigenvalue weighted by Gasteiger charge is -2.21. The van der Waals surface area contributed by atoms with Gasteiger partial charge in [0.1, 0.15) is 0 Å². The van der Waals surface area contributed by atoms with Crippen molar-refractivity contribution in [1.29, 1.82) is 0 Å². The second-order valence-corrected chi connectivity index (χ2v) is 6.70. The lowest BCUT2D eigenvalue weighted by molar-refractivity contribution is -0.121. The Morgan fingerprint density at radius 1 is 1.17 bits per heavy atom. The smallest absolute Gasteiger partial charge is 0.221 e. The Labute approximate surface area is 142 Å². The highest BCUT2D eigenvalue weighted by Gasteiger charge is 2.12. The third-order valence-electron chi connectivity index (χ3n) is 4.69. The monoisotopic (exact) mass is 324 g/mol. The summed E-state index contributed by atoms with van der Waals surface area (Å²) < 4.78 is 0. The number of hydrogen-bond donors (Lipinski definition) is 3. The van der Waals surface area contributed by atoms with Gasteiger partial charge in [0, 0.05) is 32.6 Å². The molecule has 0 aromatic carbocycles. The number of nitrogens with zero attached hydrogens (tertiary/aromatic N) is 1. The molecule has 0 aliphatic heterocycles. The van der Waals surface area contributed by atoms with E-state index in [2.05, 4.69) is 27.9 Å². The van der Waals surface area contributed by atoms with Crippen molar-refractivity contribution in [1.82, 2.24) is 16.0 Å². The van der Waals surface area contributed by atoms with E-state index in [0.29, 0.717) is 13.0 Å². The molecule has 0 spiro atoms. The summed E-state index contributed by atoms with van der Waals surface area (Å²) >= 11 is 0. The zero-order chi connectivity index (χ0) is 16.9. The summed E-state index contributed by atoms with van der Waals surface area (Å²) in [6.45, 7) is 5.67. The second-order valence-electron chi connectivity index (χ2n) is 6.70. The van der Waals surface area contributed by atoms with Gasteiger partial charge in [-0.05, 0) is 32.1 Å². The van der Waals surface area contributed by atoms with Gasteiger partial charge in [-0.1, -0.05) is 39.0 Å². The molecule has 134 valence electrons. The van der Waals surface area contributed by atoms with Crippen LogP contribution in [0.5, 0.6) is 0 Å². The van der Waals surface area contributed by atoms with Gasteiger partial charge in [-0.25, -0.2) is 0 Å². The van der Waals surface area contributed by atoms with Crippen LogP contribution in [0.2, 0.25) is 0 Å². The van der Waals surface area contributed by atoms with Gasteiger partial charge in [-0.2, -0.15) is 0 Å². The molecule has 0 aromatic rings. The first-order valence-electron chi connectivity index (χ1n) is 9.39. The zero-order valence-corrected chi connectivity index (χ0v) is 15.3. The Hall–Kier alpha value is -1.26. The largest absolute Gasteiger partial charge is 0.356 e. The first kappa shape index (κ1) is 19.8. The van der Waals surface area contributed by atoms with Crippen molar-refractivity contribution >= 4 is 11.9 Å². The molecule has 1 aliphatic carbocycles. The van der Waals surface area contributed by atoms with Crippen LogP contribution in [0, 0.1) is 5.92 Å². The molecular formula is C18H36N4O. The van der Waals surface area contributed by atoms with Crippen LogP contribution < -0.4 is 16.0 Å². The number of nitrogens with one attached hydrogen (secondary N) is 3. The lowest BCUT2D eigenvalue weighted by Crippen LogP contribution is -2.40. The average molecular weight is 325 g/mol. The molecule has 1 amide bonds. The van der Waals surface area contributed by atoms with Gasteiger partial charge in [0.2, 0.25) is 5.91 Å². The van der Waals surface area contributed by atoms with Crippen molar-refractivity contribution in [3.63, 3.8) is 0 Å². The minimum atomic E-state index is 0.0969. The quantitative estimate of drug-likeness (QED) is 0.347. The van der Waals surface area contributed by atoms with Gasteiger partial charge in [0.25, 0.3) is 0 Å². The van der Waals surface area contributed by atoms with Gasteiger partial charge >= 0.3 is 0 Å². The number of carbonyl (C=O) groups is 1. The minimum Gasteiger partial charge on any atom is -0.356 e. The summed E-state index contributed by atoms with van der Waals surface area (Å²) in [5.74, 6) is 1.83. The highest BCUT2D eigenvalue weighted by atomic mass is 16.1. The van der Waals surface area contributed by atoms with Crippen molar-refractivity contribution in [2.75, 3.05) is 20.1 Å². The first-order valence-corrected chi connectivity index (χ1v) is 9.39. The van der Waals surface area contributed by atoms with Crippen LogP contribution in [-0.4, -0.2) is 38.0 Å². The van der Waals surface area contributed by atoms with E-state index >= 15 is 0 Å². The summed E-state index contributed by atoms with van der Waals surface area (Å²) in [5, 5.41) is 9.52. The van der Waals surface area contributed by atoms with Crippen LogP contribution in [0.4, 0.5) is 0 Å². The van der Waals surface area contributed by atoms with Crippen molar-refractivity contribution < 1.29 is 4.79 Å². The highest BCUT2D eigenvalue weighted by Crippen LogP contribution is 2.26. The Morgan fingerprint density at radius 3 is 2.52 bits per heavy atom. The molecule has 1 rings (SSSR count). The van der Waals surface area contributed by atoms with E-state index < -0.39 is 0 Å². The van der Waals surface area contributed by atoms with E-state index in [1.54, 1.807) is 7.05 Å². The van der Waals surface area contributed by atoms with Crippen molar-refractivity contribution in [3.8, 4) is 0 Å². The first-order chi connectivity index (χ1) is 11.2. The number of rotatable bonds is 9. The molecule has 0 saturated heterocycles. The molecule has 5 heteroatoms. The molecule has 1 fully saturated rings. The fourth-order valence-electron chi connectivity index (χ4n) is 3.04. The van der Waals surface area contributed by atoms with E-state index in [1.807, 2.05) is 6.92 Å². The summed E-state index contributed by atoms with van der Waals surface area (Å²) in [7, 11) is 1.77. The number of hydrogen-bond acceptors (Lipinski definition) is 2. The Bertz CT molecular complexity index is 351. The fraction of sp³-hybridized carbons (Fsp3) is 0.889. The predicted molar refractivity (Wildman–Crippen MR) is 97.7 cm³/mol. The molecule has 1 unspecified atom stereocenters. The van der Waals surface area contributed by atoms with Gasteiger partial charge in [-0.15, -0.1) is 0 Å². The maximum absolute atomic E-state index is 11.7. The number of amides is 1. The molecule has 0 heterocycles. The van der Waals surface area contributed by atoms with E-state index in [1.165, 1.54) is 44.9 Å². The molecule has 0 radical (unpaired) electrons. The fourth-order valence-corrected chi connectivity index (χ4v) is 3.04. The van der Waals surface area contributed by atoms with E-state index in [-0.39, 0.29) is 11.9 Å². The molecule has 5 nitrogen and oxygen atoms in total. The van der Waals surface area contributed by atoms with E-state index in [4.69, 9.17) is 0 Å². The topological polar surface area (TPSA) is 65.5 Å². The SMILES string of the molecule is CCC(C)NC(=O)CCNC(=NC)NCCCC1CCCCC1. The molecule has 23 heavy (non-hydrogen) atoms. The summed E-state index contributed by atoms with van der Waals surface area (Å²) in [4.78, 5) is 15.9. The minimum absolute atomic E-state index is 0.0969. The van der Waals surface area contributed by atoms with Crippen molar-refractivity contribution in [2.45, 2.75) is 77.7 Å². The van der Waals surface area contributed by atoms with E-state index in [0.717, 1.165) is 24.8 Å². The Balaban J connectivity index is 2.06. The van der Waals surface area contributed by atoms with Crippen LogP contribution in [0.15, 0.2) is 4.99 Å². The molecule has 0 bridgehead atoms. The van der Waals surface area contributed by atoms with Crippen molar-refractivity contribution in [2.24, 2.45) is 10.9 Å². The van der Waals surface area contributed by atoms with Crippen LogP contribution in [0.1, 0.15) is 71.6 Å². The third kappa shape index (κ3) is 9.47. The number of guanidine groups is 1. The normalized spacial score (nSPS) is 17.6. The Morgan fingerprint density at radius 2 is 1.87 bits per heavy atom. The molecule has 3 N–H and O–H groups in total. The maximum Gasteiger partial charge on any atom is 0.221 e. The number of aliphatic imine (C=N–C) groups is 1. The summed E-state index contributed by atoms with van der Waals surface area (Å²) in [6.07, 6.45) is 11.0. The van der Waals surface area contributed by atoms with Crippen LogP contribution in [0.3, 0.4) is 0 Å². The predicted octanol–water partition coefficient (Wildman–Crippen LogP) is 2.82. The molecular weight excluding hydrogens is 288 g/mol. The molecule has 1 aliphatic rings. The maximum atomic E-state index is 11.7.